The molecule has 0 aliphatic rings. The first-order valence-electron chi connectivity index (χ1n) is 1.66. The molecule has 0 fully saturated rings. The molecule has 9 heavy (non-hydrogen) atoms. The molecular weight excluding hydrogens is 225 g/mol. The molecule has 7 heteroatoms. The van der Waals surface area contributed by atoms with Crippen LogP contribution in [-0.4, -0.2) is 18.6 Å². The van der Waals surface area contributed by atoms with Gasteiger partial charge in [0.1, 0.15) is 4.66 Å². The fourth-order valence-corrected chi connectivity index (χ4v) is 0.964. The average molecular weight is 227 g/mol. The molecule has 0 aromatic carbocycles. The topological polar surface area (TPSA) is 34.1 Å². The smallest absolute Gasteiger partial charge is 0.219 e. The zero-order chi connectivity index (χ0) is 7.71. The molecule has 2 nitrogen and oxygen atoms in total. The summed E-state index contributed by atoms with van der Waals surface area (Å²) < 4.78 is 52.3. The summed E-state index contributed by atoms with van der Waals surface area (Å²) in [6.07, 6.45) is 0. The highest BCUT2D eigenvalue weighted by atomic mass is 79.9. The maximum atomic E-state index is 11.2. The maximum Gasteiger partial charge on any atom is 0.498 e. The van der Waals surface area contributed by atoms with Gasteiger partial charge in [0.2, 0.25) is 0 Å². The third-order valence-corrected chi connectivity index (χ3v) is 3.30. The second kappa shape index (κ2) is 2.45. The molecule has 0 rings (SSSR count). The zero-order valence-corrected chi connectivity index (χ0v) is 6.35. The minimum Gasteiger partial charge on any atom is -0.219 e. The highest BCUT2D eigenvalue weighted by Crippen LogP contribution is 2.24. The highest BCUT2D eigenvalue weighted by Gasteiger charge is 2.44. The van der Waals surface area contributed by atoms with Crippen molar-refractivity contribution in [2.45, 2.75) is 5.51 Å². The van der Waals surface area contributed by atoms with Crippen molar-refractivity contribution in [1.82, 2.24) is 0 Å². The summed E-state index contributed by atoms with van der Waals surface area (Å²) in [6, 6.07) is 0. The van der Waals surface area contributed by atoms with Gasteiger partial charge in [-0.3, -0.25) is 0 Å². The SMILES string of the molecule is O=S(=O)(CBr)C(F)(F)F. The molecule has 0 aromatic heterocycles. The third kappa shape index (κ3) is 2.13. The van der Waals surface area contributed by atoms with Gasteiger partial charge in [-0.05, 0) is 0 Å². The molecule has 0 saturated carbocycles. The van der Waals surface area contributed by atoms with Crippen molar-refractivity contribution in [2.24, 2.45) is 0 Å². The average Bonchev–Trinajstić information content (AvgIpc) is 1.64. The first-order valence-corrected chi connectivity index (χ1v) is 4.43. The van der Waals surface area contributed by atoms with E-state index in [1.54, 1.807) is 0 Å². The van der Waals surface area contributed by atoms with Crippen LogP contribution in [0, 0.1) is 0 Å². The molecule has 56 valence electrons. The molecule has 0 aliphatic carbocycles. The summed E-state index contributed by atoms with van der Waals surface area (Å²) in [4.78, 5) is 0. The van der Waals surface area contributed by atoms with Crippen LogP contribution in [0.4, 0.5) is 13.2 Å². The molecule has 0 heterocycles. The number of alkyl halides is 4. The Morgan fingerprint density at radius 2 is 1.67 bits per heavy atom. The maximum absolute atomic E-state index is 11.2. The first-order chi connectivity index (χ1) is 3.81. The van der Waals surface area contributed by atoms with E-state index in [2.05, 4.69) is 15.9 Å². The van der Waals surface area contributed by atoms with E-state index in [9.17, 15) is 21.6 Å². The Bertz CT molecular complexity index is 180. The van der Waals surface area contributed by atoms with E-state index in [0.29, 0.717) is 0 Å². The monoisotopic (exact) mass is 226 g/mol. The van der Waals surface area contributed by atoms with Crippen molar-refractivity contribution < 1.29 is 21.6 Å². The summed E-state index contributed by atoms with van der Waals surface area (Å²) >= 11 is 2.20. The van der Waals surface area contributed by atoms with Crippen molar-refractivity contribution >= 4 is 25.8 Å². The number of halogens is 4. The molecule has 0 bridgehead atoms. The minimum absolute atomic E-state index is 1.08. The van der Waals surface area contributed by atoms with E-state index >= 15 is 0 Å². The van der Waals surface area contributed by atoms with Gasteiger partial charge in [0.25, 0.3) is 9.84 Å². The molecule has 0 aromatic rings. The predicted octanol–water partition coefficient (Wildman–Crippen LogP) is 1.27. The van der Waals surface area contributed by atoms with Gasteiger partial charge < -0.3 is 0 Å². The van der Waals surface area contributed by atoms with Crippen molar-refractivity contribution in [1.29, 1.82) is 0 Å². The Kier molecular flexibility index (Phi) is 2.51. The number of rotatable bonds is 1. The minimum atomic E-state index is -5.13. The lowest BCUT2D eigenvalue weighted by molar-refractivity contribution is -0.0430. The summed E-state index contributed by atoms with van der Waals surface area (Å²) in [5, 5.41) is 0. The van der Waals surface area contributed by atoms with Gasteiger partial charge in [0.15, 0.2) is 0 Å². The van der Waals surface area contributed by atoms with Gasteiger partial charge in [-0.15, -0.1) is 0 Å². The standard InChI is InChI=1S/C2H2BrF3O2S/c3-1-9(7,8)2(4,5)6/h1H2. The second-order valence-electron chi connectivity index (χ2n) is 1.17. The molecule has 0 unspecified atom stereocenters. The molecule has 0 N–H and O–H groups in total. The molecule has 0 amide bonds. The van der Waals surface area contributed by atoms with Gasteiger partial charge in [-0.25, -0.2) is 8.42 Å². The Morgan fingerprint density at radius 1 is 1.33 bits per heavy atom. The Morgan fingerprint density at radius 3 is 1.67 bits per heavy atom. The van der Waals surface area contributed by atoms with E-state index in [4.69, 9.17) is 0 Å². The summed E-state index contributed by atoms with van der Waals surface area (Å²) in [6.45, 7) is 0. The lowest BCUT2D eigenvalue weighted by Gasteiger charge is -2.02. The molecular formula is C2H2BrF3O2S. The lowest BCUT2D eigenvalue weighted by atomic mass is 11.6. The predicted molar refractivity (Wildman–Crippen MR) is 28.8 cm³/mol. The number of hydrogen-bond donors (Lipinski definition) is 0. The fraction of sp³-hybridized carbons (Fsp3) is 1.00. The van der Waals surface area contributed by atoms with Gasteiger partial charge in [-0.1, -0.05) is 15.9 Å². The summed E-state index contributed by atoms with van der Waals surface area (Å²) in [5.74, 6) is 0. The Hall–Kier alpha value is 0.220. The van der Waals surface area contributed by atoms with E-state index in [0.717, 1.165) is 0 Å². The number of hydrogen-bond acceptors (Lipinski definition) is 2. The molecule has 0 spiro atoms. The fourth-order valence-electron chi connectivity index (χ4n) is 0.0619. The van der Waals surface area contributed by atoms with E-state index in [-0.39, 0.29) is 0 Å². The van der Waals surface area contributed by atoms with Gasteiger partial charge in [-0.2, -0.15) is 13.2 Å². The lowest BCUT2D eigenvalue weighted by Crippen LogP contribution is -2.23. The highest BCUT2D eigenvalue weighted by molar-refractivity contribution is 9.10. The Balaban J connectivity index is 4.57. The van der Waals surface area contributed by atoms with E-state index < -0.39 is 20.0 Å². The van der Waals surface area contributed by atoms with Crippen LogP contribution in [-0.2, 0) is 9.84 Å². The van der Waals surface area contributed by atoms with Crippen LogP contribution < -0.4 is 0 Å². The molecule has 0 atom stereocenters. The molecule has 0 saturated heterocycles. The van der Waals surface area contributed by atoms with Crippen LogP contribution in [0.15, 0.2) is 0 Å². The zero-order valence-electron chi connectivity index (χ0n) is 3.94. The van der Waals surface area contributed by atoms with Gasteiger partial charge in [0.05, 0.1) is 0 Å². The molecule has 0 aliphatic heterocycles. The molecule has 0 radical (unpaired) electrons. The Labute approximate surface area is 58.1 Å². The van der Waals surface area contributed by atoms with Crippen LogP contribution in [0.3, 0.4) is 0 Å². The second-order valence-corrected chi connectivity index (χ2v) is 4.45. The first kappa shape index (κ1) is 9.22. The largest absolute Gasteiger partial charge is 0.498 e. The van der Waals surface area contributed by atoms with Crippen molar-refractivity contribution in [3.63, 3.8) is 0 Å². The summed E-state index contributed by atoms with van der Waals surface area (Å²) in [7, 11) is -4.92. The van der Waals surface area contributed by atoms with Gasteiger partial charge >= 0.3 is 5.51 Å². The van der Waals surface area contributed by atoms with Crippen LogP contribution in [0.2, 0.25) is 0 Å². The normalized spacial score (nSPS) is 13.8. The van der Waals surface area contributed by atoms with Crippen molar-refractivity contribution in [3.05, 3.63) is 0 Å². The van der Waals surface area contributed by atoms with E-state index in [1.807, 2.05) is 0 Å². The van der Waals surface area contributed by atoms with Crippen LogP contribution in [0.25, 0.3) is 0 Å². The van der Waals surface area contributed by atoms with Crippen LogP contribution >= 0.6 is 15.9 Å². The van der Waals surface area contributed by atoms with Crippen molar-refractivity contribution in [3.8, 4) is 0 Å². The summed E-state index contributed by atoms with van der Waals surface area (Å²) in [5.41, 5.74) is -5.13. The van der Waals surface area contributed by atoms with Crippen LogP contribution in [0.5, 0.6) is 0 Å². The third-order valence-electron chi connectivity index (χ3n) is 0.496. The number of sulfone groups is 1. The quantitative estimate of drug-likeness (QED) is 0.632. The van der Waals surface area contributed by atoms with E-state index in [1.165, 1.54) is 0 Å². The van der Waals surface area contributed by atoms with Gasteiger partial charge in [0, 0.05) is 0 Å². The van der Waals surface area contributed by atoms with Crippen LogP contribution in [0.1, 0.15) is 0 Å². The van der Waals surface area contributed by atoms with Crippen molar-refractivity contribution in [2.75, 3.05) is 4.66 Å².